The summed E-state index contributed by atoms with van der Waals surface area (Å²) >= 11 is 5.78. The van der Waals surface area contributed by atoms with E-state index < -0.39 is 0 Å². The molecular weight excluding hydrogens is 238 g/mol. The van der Waals surface area contributed by atoms with Crippen molar-refractivity contribution in [2.24, 2.45) is 0 Å². The maximum atomic E-state index is 11.5. The molecule has 0 aromatic heterocycles. The van der Waals surface area contributed by atoms with Crippen molar-refractivity contribution in [2.45, 2.75) is 19.4 Å². The minimum Gasteiger partial charge on any atom is -0.484 e. The van der Waals surface area contributed by atoms with Crippen molar-refractivity contribution in [1.29, 1.82) is 0 Å². The fourth-order valence-electron chi connectivity index (χ4n) is 1.20. The lowest BCUT2D eigenvalue weighted by molar-refractivity contribution is -0.123. The van der Waals surface area contributed by atoms with E-state index >= 15 is 0 Å². The van der Waals surface area contributed by atoms with Gasteiger partial charge in [0.15, 0.2) is 6.61 Å². The Balaban J connectivity index is 2.41. The molecular formula is C13H14ClNO2. The highest BCUT2D eigenvalue weighted by molar-refractivity contribution is 6.30. The number of halogens is 1. The van der Waals surface area contributed by atoms with Gasteiger partial charge in [0.2, 0.25) is 0 Å². The third kappa shape index (κ3) is 4.80. The quantitative estimate of drug-likeness (QED) is 0.816. The molecule has 1 aromatic rings. The Bertz CT molecular complexity index is 426. The first-order valence-electron chi connectivity index (χ1n) is 5.29. The van der Waals surface area contributed by atoms with Crippen LogP contribution < -0.4 is 10.1 Å². The predicted octanol–water partition coefficient (Wildman–Crippen LogP) is 2.25. The van der Waals surface area contributed by atoms with E-state index in [-0.39, 0.29) is 18.6 Å². The molecule has 0 radical (unpaired) electrons. The summed E-state index contributed by atoms with van der Waals surface area (Å²) in [5, 5.41) is 3.24. The highest BCUT2D eigenvalue weighted by Crippen LogP contribution is 2.16. The normalized spacial score (nSPS) is 11.4. The summed E-state index contributed by atoms with van der Waals surface area (Å²) in [6.45, 7) is 1.83. The van der Waals surface area contributed by atoms with Crippen LogP contribution in [0, 0.1) is 12.3 Å². The van der Waals surface area contributed by atoms with Gasteiger partial charge in [0, 0.05) is 5.02 Å². The number of ether oxygens (including phenoxy) is 1. The number of carbonyl (C=O) groups is 1. The zero-order valence-electron chi connectivity index (χ0n) is 9.57. The molecule has 0 aliphatic heterocycles. The molecule has 0 spiro atoms. The van der Waals surface area contributed by atoms with Crippen molar-refractivity contribution in [1.82, 2.24) is 5.32 Å². The van der Waals surface area contributed by atoms with E-state index in [0.717, 1.165) is 0 Å². The molecule has 1 atom stereocenters. The van der Waals surface area contributed by atoms with Gasteiger partial charge in [0.25, 0.3) is 5.91 Å². The van der Waals surface area contributed by atoms with Crippen LogP contribution in [0.4, 0.5) is 0 Å². The van der Waals surface area contributed by atoms with Gasteiger partial charge in [-0.1, -0.05) is 30.5 Å². The van der Waals surface area contributed by atoms with E-state index in [1.165, 1.54) is 0 Å². The van der Waals surface area contributed by atoms with Crippen LogP contribution in [0.3, 0.4) is 0 Å². The minimum absolute atomic E-state index is 0.0709. The molecule has 17 heavy (non-hydrogen) atoms. The lowest BCUT2D eigenvalue weighted by Gasteiger charge is -2.11. The summed E-state index contributed by atoms with van der Waals surface area (Å²) in [7, 11) is 0. The van der Waals surface area contributed by atoms with Crippen LogP contribution in [0.15, 0.2) is 24.3 Å². The van der Waals surface area contributed by atoms with Crippen LogP contribution in [-0.2, 0) is 4.79 Å². The van der Waals surface area contributed by atoms with E-state index in [9.17, 15) is 4.79 Å². The minimum atomic E-state index is -0.245. The lowest BCUT2D eigenvalue weighted by atomic mass is 10.2. The van der Waals surface area contributed by atoms with Gasteiger partial charge in [-0.25, -0.2) is 0 Å². The number of benzene rings is 1. The van der Waals surface area contributed by atoms with Crippen molar-refractivity contribution in [3.8, 4) is 18.1 Å². The van der Waals surface area contributed by atoms with E-state index in [0.29, 0.717) is 17.2 Å². The Labute approximate surface area is 106 Å². The second kappa shape index (κ2) is 6.82. The molecule has 3 nitrogen and oxygen atoms in total. The first-order valence-corrected chi connectivity index (χ1v) is 5.67. The van der Waals surface area contributed by atoms with Gasteiger partial charge in [-0.2, -0.15) is 0 Å². The van der Waals surface area contributed by atoms with Gasteiger partial charge in [-0.3, -0.25) is 4.79 Å². The molecule has 1 unspecified atom stereocenters. The average Bonchev–Trinajstić information content (AvgIpc) is 2.33. The molecule has 1 N–H and O–H groups in total. The molecule has 0 heterocycles. The summed E-state index contributed by atoms with van der Waals surface area (Å²) in [6, 6.07) is 6.63. The van der Waals surface area contributed by atoms with Crippen molar-refractivity contribution < 1.29 is 9.53 Å². The van der Waals surface area contributed by atoms with E-state index in [2.05, 4.69) is 11.2 Å². The third-order valence-electron chi connectivity index (χ3n) is 2.11. The molecule has 0 aliphatic carbocycles. The zero-order valence-corrected chi connectivity index (χ0v) is 10.3. The smallest absolute Gasteiger partial charge is 0.258 e. The summed E-state index contributed by atoms with van der Waals surface area (Å²) in [5.74, 6) is 2.80. The van der Waals surface area contributed by atoms with Crippen LogP contribution >= 0.6 is 11.6 Å². The number of carbonyl (C=O) groups excluding carboxylic acids is 1. The highest BCUT2D eigenvalue weighted by Gasteiger charge is 2.07. The van der Waals surface area contributed by atoms with E-state index in [1.807, 2.05) is 6.92 Å². The van der Waals surface area contributed by atoms with Crippen molar-refractivity contribution >= 4 is 17.5 Å². The summed E-state index contributed by atoms with van der Waals surface area (Å²) < 4.78 is 5.27. The van der Waals surface area contributed by atoms with E-state index in [1.54, 1.807) is 24.3 Å². The monoisotopic (exact) mass is 251 g/mol. The Morgan fingerprint density at radius 3 is 3.00 bits per heavy atom. The average molecular weight is 252 g/mol. The maximum Gasteiger partial charge on any atom is 0.258 e. The van der Waals surface area contributed by atoms with Crippen molar-refractivity contribution in [2.75, 3.05) is 6.61 Å². The Kier molecular flexibility index (Phi) is 5.38. The second-order valence-corrected chi connectivity index (χ2v) is 3.88. The summed E-state index contributed by atoms with van der Waals surface area (Å²) in [4.78, 5) is 11.5. The molecule has 0 saturated carbocycles. The number of terminal acetylenes is 1. The molecule has 0 aliphatic rings. The third-order valence-corrected chi connectivity index (χ3v) is 2.35. The molecule has 4 heteroatoms. The SMILES string of the molecule is C#CC(CC)NC(=O)COc1cccc(Cl)c1. The van der Waals surface area contributed by atoms with Crippen molar-refractivity contribution in [3.05, 3.63) is 29.3 Å². The molecule has 0 fully saturated rings. The topological polar surface area (TPSA) is 38.3 Å². The molecule has 1 amide bonds. The molecule has 0 saturated heterocycles. The standard InChI is InChI=1S/C13H14ClNO2/c1-3-11(4-2)15-13(16)9-17-12-7-5-6-10(14)8-12/h1,5-8,11H,4,9H2,2H3,(H,15,16). The Morgan fingerprint density at radius 2 is 2.41 bits per heavy atom. The number of hydrogen-bond donors (Lipinski definition) is 1. The maximum absolute atomic E-state index is 11.5. The van der Waals surface area contributed by atoms with Crippen LogP contribution in [0.2, 0.25) is 5.02 Å². The molecule has 1 rings (SSSR count). The fraction of sp³-hybridized carbons (Fsp3) is 0.308. The van der Waals surface area contributed by atoms with Gasteiger partial charge in [0.05, 0.1) is 6.04 Å². The van der Waals surface area contributed by atoms with E-state index in [4.69, 9.17) is 22.8 Å². The zero-order chi connectivity index (χ0) is 12.7. The number of rotatable bonds is 5. The first kappa shape index (κ1) is 13.4. The van der Waals surface area contributed by atoms with Gasteiger partial charge in [-0.05, 0) is 24.6 Å². The number of nitrogens with one attached hydrogen (secondary N) is 1. The van der Waals surface area contributed by atoms with Crippen LogP contribution in [0.25, 0.3) is 0 Å². The Morgan fingerprint density at radius 1 is 1.65 bits per heavy atom. The Hall–Kier alpha value is -1.66. The largest absolute Gasteiger partial charge is 0.484 e. The first-order chi connectivity index (χ1) is 8.15. The fourth-order valence-corrected chi connectivity index (χ4v) is 1.38. The summed E-state index contributed by atoms with van der Waals surface area (Å²) in [6.07, 6.45) is 5.93. The summed E-state index contributed by atoms with van der Waals surface area (Å²) in [5.41, 5.74) is 0. The van der Waals surface area contributed by atoms with Crippen LogP contribution in [0.1, 0.15) is 13.3 Å². The molecule has 0 bridgehead atoms. The van der Waals surface area contributed by atoms with Crippen LogP contribution in [0.5, 0.6) is 5.75 Å². The van der Waals surface area contributed by atoms with Gasteiger partial charge in [0.1, 0.15) is 5.75 Å². The van der Waals surface area contributed by atoms with Gasteiger partial charge < -0.3 is 10.1 Å². The van der Waals surface area contributed by atoms with Crippen molar-refractivity contribution in [3.63, 3.8) is 0 Å². The lowest BCUT2D eigenvalue weighted by Crippen LogP contribution is -2.36. The molecule has 90 valence electrons. The highest BCUT2D eigenvalue weighted by atomic mass is 35.5. The second-order valence-electron chi connectivity index (χ2n) is 3.44. The predicted molar refractivity (Wildman–Crippen MR) is 68.0 cm³/mol. The number of hydrogen-bond acceptors (Lipinski definition) is 2. The molecule has 1 aromatic carbocycles. The van der Waals surface area contributed by atoms with Gasteiger partial charge >= 0.3 is 0 Å². The number of amides is 1. The van der Waals surface area contributed by atoms with Crippen LogP contribution in [-0.4, -0.2) is 18.6 Å². The van der Waals surface area contributed by atoms with Gasteiger partial charge in [-0.15, -0.1) is 6.42 Å².